The van der Waals surface area contributed by atoms with Crippen molar-refractivity contribution < 1.29 is 0 Å². The minimum absolute atomic E-state index is 0.0869. The quantitative estimate of drug-likeness (QED) is 0.786. The maximum atomic E-state index is 11.7. The van der Waals surface area contributed by atoms with E-state index in [1.165, 1.54) is 4.68 Å². The number of rotatable bonds is 3. The monoisotopic (exact) mass is 344 g/mol. The Hall–Kier alpha value is -1.18. The van der Waals surface area contributed by atoms with Crippen LogP contribution in [0.4, 0.5) is 0 Å². The van der Waals surface area contributed by atoms with Gasteiger partial charge in [0.15, 0.2) is 0 Å². The molecule has 0 unspecified atom stereocenters. The van der Waals surface area contributed by atoms with Crippen molar-refractivity contribution in [3.05, 3.63) is 43.6 Å². The van der Waals surface area contributed by atoms with Crippen molar-refractivity contribution in [1.29, 1.82) is 0 Å². The van der Waals surface area contributed by atoms with Gasteiger partial charge in [0.1, 0.15) is 0 Å². The van der Waals surface area contributed by atoms with Crippen molar-refractivity contribution in [3.63, 3.8) is 0 Å². The minimum Gasteiger partial charge on any atom is -0.270 e. The first-order valence-electron chi connectivity index (χ1n) is 5.34. The number of aryl methyl sites for hydroxylation is 2. The van der Waals surface area contributed by atoms with E-state index in [4.69, 9.17) is 0 Å². The van der Waals surface area contributed by atoms with Crippen LogP contribution in [0.5, 0.6) is 0 Å². The minimum atomic E-state index is -0.0869. The molecule has 0 amide bonds. The van der Waals surface area contributed by atoms with Crippen molar-refractivity contribution in [2.75, 3.05) is 0 Å². The van der Waals surface area contributed by atoms with Crippen LogP contribution in [0.1, 0.15) is 18.3 Å². The molecule has 0 spiro atoms. The van der Waals surface area contributed by atoms with Crippen LogP contribution in [0.25, 0.3) is 0 Å². The Morgan fingerprint density at radius 1 is 1.41 bits per heavy atom. The predicted molar refractivity (Wildman–Crippen MR) is 72.9 cm³/mol. The molecule has 0 aromatic carbocycles. The molecule has 0 fully saturated rings. The predicted octanol–water partition coefficient (Wildman–Crippen LogP) is 1.19. The summed E-state index contributed by atoms with van der Waals surface area (Å²) in [6.07, 6.45) is 2.57. The molecule has 0 aliphatic rings. The Balaban J connectivity index is 2.31. The summed E-state index contributed by atoms with van der Waals surface area (Å²) in [5.41, 5.74) is 1.93. The Kier molecular flexibility index (Phi) is 3.60. The zero-order chi connectivity index (χ0) is 12.4. The van der Waals surface area contributed by atoms with Crippen LogP contribution in [0.3, 0.4) is 0 Å². The summed E-state index contributed by atoms with van der Waals surface area (Å²) < 4.78 is 4.09. The molecule has 0 bridgehead atoms. The molecule has 2 aromatic heterocycles. The summed E-state index contributed by atoms with van der Waals surface area (Å²) >= 11 is 2.08. The summed E-state index contributed by atoms with van der Waals surface area (Å²) in [7, 11) is 1.88. The fourth-order valence-electron chi connectivity index (χ4n) is 1.58. The zero-order valence-corrected chi connectivity index (χ0v) is 11.9. The van der Waals surface area contributed by atoms with Gasteiger partial charge >= 0.3 is 0 Å². The van der Waals surface area contributed by atoms with Crippen LogP contribution >= 0.6 is 22.6 Å². The van der Waals surface area contributed by atoms with Crippen LogP contribution in [-0.4, -0.2) is 19.6 Å². The Labute approximate surface area is 113 Å². The second-order valence-electron chi connectivity index (χ2n) is 3.77. The average Bonchev–Trinajstić information content (AvgIpc) is 2.64. The van der Waals surface area contributed by atoms with E-state index in [1.54, 1.807) is 16.9 Å². The first kappa shape index (κ1) is 12.3. The van der Waals surface area contributed by atoms with Gasteiger partial charge in [0.05, 0.1) is 24.1 Å². The van der Waals surface area contributed by atoms with Gasteiger partial charge in [-0.25, -0.2) is 4.68 Å². The lowest BCUT2D eigenvalue weighted by molar-refractivity contribution is 0.588. The normalized spacial score (nSPS) is 10.8. The fraction of sp³-hybridized carbons (Fsp3) is 0.364. The number of nitrogens with zero attached hydrogens (tertiary/aromatic N) is 4. The van der Waals surface area contributed by atoms with E-state index in [9.17, 15) is 4.79 Å². The average molecular weight is 344 g/mol. The van der Waals surface area contributed by atoms with Gasteiger partial charge in [0.25, 0.3) is 5.56 Å². The molecular formula is C11H13IN4O. The summed E-state index contributed by atoms with van der Waals surface area (Å²) in [5.74, 6) is 0. The zero-order valence-electron chi connectivity index (χ0n) is 9.72. The molecule has 2 heterocycles. The highest BCUT2D eigenvalue weighted by atomic mass is 127. The first-order chi connectivity index (χ1) is 8.10. The number of aromatic nitrogens is 4. The molecule has 90 valence electrons. The number of hydrogen-bond acceptors (Lipinski definition) is 3. The molecule has 17 heavy (non-hydrogen) atoms. The molecule has 0 aliphatic carbocycles. The maximum Gasteiger partial charge on any atom is 0.268 e. The molecule has 0 saturated heterocycles. The maximum absolute atomic E-state index is 11.7. The summed E-state index contributed by atoms with van der Waals surface area (Å²) in [4.78, 5) is 11.7. The molecule has 2 rings (SSSR count). The van der Waals surface area contributed by atoms with E-state index in [-0.39, 0.29) is 5.56 Å². The third-order valence-corrected chi connectivity index (χ3v) is 3.13. The van der Waals surface area contributed by atoms with E-state index in [2.05, 4.69) is 39.7 Å². The molecule has 0 saturated carbocycles. The molecule has 5 nitrogen and oxygen atoms in total. The lowest BCUT2D eigenvalue weighted by Gasteiger charge is -2.04. The van der Waals surface area contributed by atoms with Crippen molar-refractivity contribution in [3.8, 4) is 0 Å². The van der Waals surface area contributed by atoms with Gasteiger partial charge in [0.2, 0.25) is 0 Å². The molecule has 0 aliphatic heterocycles. The van der Waals surface area contributed by atoms with Crippen LogP contribution in [0, 0.1) is 3.57 Å². The number of hydrogen-bond donors (Lipinski definition) is 0. The van der Waals surface area contributed by atoms with E-state index in [0.717, 1.165) is 21.4 Å². The lowest BCUT2D eigenvalue weighted by Crippen LogP contribution is -2.23. The Morgan fingerprint density at radius 2 is 2.18 bits per heavy atom. The van der Waals surface area contributed by atoms with Gasteiger partial charge < -0.3 is 0 Å². The molecule has 0 atom stereocenters. The second kappa shape index (κ2) is 4.99. The highest BCUT2D eigenvalue weighted by molar-refractivity contribution is 14.1. The van der Waals surface area contributed by atoms with E-state index in [0.29, 0.717) is 6.54 Å². The first-order valence-corrected chi connectivity index (χ1v) is 6.42. The summed E-state index contributed by atoms with van der Waals surface area (Å²) in [6.45, 7) is 2.51. The van der Waals surface area contributed by atoms with Crippen molar-refractivity contribution >= 4 is 22.6 Å². The molecule has 0 radical (unpaired) electrons. The van der Waals surface area contributed by atoms with Crippen LogP contribution in [-0.2, 0) is 20.0 Å². The highest BCUT2D eigenvalue weighted by Crippen LogP contribution is 2.05. The largest absolute Gasteiger partial charge is 0.270 e. The van der Waals surface area contributed by atoms with Crippen LogP contribution in [0.15, 0.2) is 23.1 Å². The lowest BCUT2D eigenvalue weighted by atomic mass is 10.3. The molecule has 0 N–H and O–H groups in total. The van der Waals surface area contributed by atoms with E-state index in [1.807, 2.05) is 13.1 Å². The van der Waals surface area contributed by atoms with Crippen molar-refractivity contribution in [1.82, 2.24) is 19.6 Å². The third kappa shape index (κ3) is 2.74. The Bertz CT molecular complexity index is 587. The summed E-state index contributed by atoms with van der Waals surface area (Å²) in [6, 6.07) is 3.58. The van der Waals surface area contributed by atoms with Gasteiger partial charge in [-0.1, -0.05) is 6.92 Å². The molecule has 2 aromatic rings. The van der Waals surface area contributed by atoms with Crippen molar-refractivity contribution in [2.24, 2.45) is 7.05 Å². The standard InChI is InChI=1S/C11H13IN4O/c1-3-9-5-10(15(2)14-9)7-16-11(17)4-8(12)6-13-16/h4-6H,3,7H2,1-2H3. The topological polar surface area (TPSA) is 52.7 Å². The third-order valence-electron chi connectivity index (χ3n) is 2.54. The van der Waals surface area contributed by atoms with Gasteiger partial charge in [-0.05, 0) is 35.1 Å². The molecule has 6 heteroatoms. The molecular weight excluding hydrogens is 331 g/mol. The van der Waals surface area contributed by atoms with Gasteiger partial charge in [-0.3, -0.25) is 9.48 Å². The smallest absolute Gasteiger partial charge is 0.268 e. The van der Waals surface area contributed by atoms with Crippen LogP contribution in [0.2, 0.25) is 0 Å². The summed E-state index contributed by atoms with van der Waals surface area (Å²) in [5, 5.41) is 8.45. The second-order valence-corrected chi connectivity index (χ2v) is 5.02. The highest BCUT2D eigenvalue weighted by Gasteiger charge is 2.06. The van der Waals surface area contributed by atoms with Crippen molar-refractivity contribution in [2.45, 2.75) is 19.9 Å². The van der Waals surface area contributed by atoms with Crippen LogP contribution < -0.4 is 5.56 Å². The van der Waals surface area contributed by atoms with E-state index >= 15 is 0 Å². The fourth-order valence-corrected chi connectivity index (χ4v) is 1.97. The number of halogens is 1. The van der Waals surface area contributed by atoms with Gasteiger partial charge in [-0.15, -0.1) is 0 Å². The van der Waals surface area contributed by atoms with Gasteiger partial charge in [0, 0.05) is 16.7 Å². The van der Waals surface area contributed by atoms with E-state index < -0.39 is 0 Å². The van der Waals surface area contributed by atoms with Gasteiger partial charge in [-0.2, -0.15) is 10.2 Å². The Morgan fingerprint density at radius 3 is 2.76 bits per heavy atom. The SMILES string of the molecule is CCc1cc(Cn2ncc(I)cc2=O)n(C)n1.